The largest absolute Gasteiger partial charge is 2.00 e. The van der Waals surface area contributed by atoms with Crippen LogP contribution in [-0.2, 0) is 34.8 Å². The fourth-order valence-corrected chi connectivity index (χ4v) is 5.33. The second-order valence-corrected chi connectivity index (χ2v) is 11.9. The van der Waals surface area contributed by atoms with Crippen LogP contribution < -0.4 is 38.8 Å². The molecule has 222 valence electrons. The molecule has 0 aliphatic heterocycles. The fourth-order valence-electron chi connectivity index (χ4n) is 3.16. The molecule has 0 amide bonds. The summed E-state index contributed by atoms with van der Waals surface area (Å²) >= 11 is 0. The summed E-state index contributed by atoms with van der Waals surface area (Å²) in [6, 6.07) is 4.84. The van der Waals surface area contributed by atoms with E-state index in [-0.39, 0.29) is 89.7 Å². The van der Waals surface area contributed by atoms with E-state index < -0.39 is 26.0 Å². The Hall–Kier alpha value is 0.990. The molecule has 1 unspecified atom stereocenters. The van der Waals surface area contributed by atoms with Gasteiger partial charge in [-0.2, -0.15) is 12.7 Å². The van der Waals surface area contributed by atoms with Crippen molar-refractivity contribution in [3.63, 3.8) is 0 Å². The van der Waals surface area contributed by atoms with E-state index in [2.05, 4.69) is 17.8 Å². The van der Waals surface area contributed by atoms with E-state index in [1.54, 1.807) is 18.2 Å². The molecule has 1 aromatic rings. The van der Waals surface area contributed by atoms with Crippen LogP contribution in [0.25, 0.3) is 0 Å². The van der Waals surface area contributed by atoms with Gasteiger partial charge in [0.1, 0.15) is 0 Å². The predicted octanol–water partition coefficient (Wildman–Crippen LogP) is 3.27. The summed E-state index contributed by atoms with van der Waals surface area (Å²) in [4.78, 5) is 18.3. The van der Waals surface area contributed by atoms with Crippen LogP contribution in [-0.4, -0.2) is 78.8 Å². The minimum atomic E-state index is -5.12. The number of phosphoric acid groups is 2. The van der Waals surface area contributed by atoms with Gasteiger partial charge in [0.25, 0.3) is 0 Å². The zero-order chi connectivity index (χ0) is 28.4. The van der Waals surface area contributed by atoms with Crippen molar-refractivity contribution in [3.05, 3.63) is 36.4 Å². The smallest absolute Gasteiger partial charge is 1.00 e. The van der Waals surface area contributed by atoms with Crippen LogP contribution >= 0.6 is 15.6 Å². The first-order valence-corrected chi connectivity index (χ1v) is 16.3. The van der Waals surface area contributed by atoms with Crippen molar-refractivity contribution < 1.29 is 88.4 Å². The maximum atomic E-state index is 12.9. The van der Waals surface area contributed by atoms with E-state index in [1.807, 2.05) is 0 Å². The van der Waals surface area contributed by atoms with Gasteiger partial charge in [-0.1, -0.05) is 76.9 Å². The summed E-state index contributed by atoms with van der Waals surface area (Å²) in [5.74, 6) is 0.238. The molecule has 1 rings (SSSR count). The van der Waals surface area contributed by atoms with Crippen LogP contribution in [0.2, 0.25) is 0 Å². The normalized spacial score (nSPS) is 12.6. The number of benzene rings is 1. The maximum Gasteiger partial charge on any atom is 2.00 e. The Bertz CT molecular complexity index is 999. The molecule has 1 aromatic carbocycles. The number of allylic oxidation sites excluding steroid dienone is 1. The first-order chi connectivity index (χ1) is 17.2. The molecule has 0 radical (unpaired) electrons. The van der Waals surface area contributed by atoms with Gasteiger partial charge in [-0.25, -0.2) is 9.13 Å². The topological polar surface area (TPSA) is 186 Å². The maximum absolute atomic E-state index is 12.9. The van der Waals surface area contributed by atoms with Crippen molar-refractivity contribution in [2.24, 2.45) is 0 Å². The van der Waals surface area contributed by atoms with Gasteiger partial charge in [-0.3, -0.25) is 13.6 Å². The Morgan fingerprint density at radius 3 is 1.87 bits per heavy atom. The molecule has 12 nitrogen and oxygen atoms in total. The summed E-state index contributed by atoms with van der Waals surface area (Å²) in [6.45, 7) is 5.86. The second-order valence-electron chi connectivity index (χ2n) is 8.05. The van der Waals surface area contributed by atoms with E-state index >= 15 is 0 Å². The Morgan fingerprint density at radius 2 is 1.44 bits per heavy atom. The van der Waals surface area contributed by atoms with Crippen molar-refractivity contribution in [3.8, 4) is 11.5 Å². The van der Waals surface area contributed by atoms with Crippen molar-refractivity contribution in [1.29, 1.82) is 0 Å². The van der Waals surface area contributed by atoms with E-state index in [0.717, 1.165) is 24.8 Å². The molecule has 0 fully saturated rings. The van der Waals surface area contributed by atoms with Crippen molar-refractivity contribution >= 4 is 63.8 Å². The van der Waals surface area contributed by atoms with Gasteiger partial charge in [-0.15, -0.1) is 6.58 Å². The van der Waals surface area contributed by atoms with Gasteiger partial charge >= 0.3 is 93.3 Å². The van der Waals surface area contributed by atoms with Crippen LogP contribution in [0.15, 0.2) is 30.9 Å². The summed E-state index contributed by atoms with van der Waals surface area (Å²) < 4.78 is 76.0. The third kappa shape index (κ3) is 27.6. The Kier molecular flexibility index (Phi) is 27.8. The van der Waals surface area contributed by atoms with E-state index in [1.165, 1.54) is 51.7 Å². The van der Waals surface area contributed by atoms with Crippen LogP contribution in [0.1, 0.15) is 81.0 Å². The SMILES string of the molecule is C=CCc1ccc(OP(=O)(OCCCCCCCCCCCC)OP(=O)(O)O)c(OC)c1.O=S(=O)(O)O.[Ca+2].[H-].[H-].[H-].[Na+]. The molecule has 0 aromatic heterocycles. The first kappa shape index (κ1) is 44.4. The zero-order valence-corrected chi connectivity index (χ0v) is 29.9. The van der Waals surface area contributed by atoms with Gasteiger partial charge in [0, 0.05) is 0 Å². The first-order valence-electron chi connectivity index (χ1n) is 11.9. The molecule has 0 aliphatic carbocycles. The summed E-state index contributed by atoms with van der Waals surface area (Å²) in [5.41, 5.74) is 0.876. The molecular formula is C22H43CaNaO12P2S. The molecule has 0 aliphatic rings. The minimum absolute atomic E-state index is 0. The van der Waals surface area contributed by atoms with Crippen LogP contribution in [0.4, 0.5) is 0 Å². The van der Waals surface area contributed by atoms with E-state index in [4.69, 9.17) is 41.1 Å². The zero-order valence-electron chi connectivity index (χ0n) is 26.1. The van der Waals surface area contributed by atoms with E-state index in [9.17, 15) is 9.13 Å². The quantitative estimate of drug-likeness (QED) is 0.0561. The number of rotatable bonds is 19. The summed E-state index contributed by atoms with van der Waals surface area (Å²) in [5, 5.41) is 0. The number of ether oxygens (including phenoxy) is 1. The number of unbranched alkanes of at least 4 members (excludes halogenated alkanes) is 9. The Morgan fingerprint density at radius 1 is 0.949 bits per heavy atom. The van der Waals surface area contributed by atoms with Gasteiger partial charge in [0.05, 0.1) is 13.7 Å². The van der Waals surface area contributed by atoms with Crippen molar-refractivity contribution in [2.45, 2.75) is 77.6 Å². The molecule has 0 saturated carbocycles. The molecule has 39 heavy (non-hydrogen) atoms. The molecule has 0 saturated heterocycles. The number of hydrogen-bond donors (Lipinski definition) is 4. The molecule has 4 N–H and O–H groups in total. The average molecular weight is 657 g/mol. The molecular weight excluding hydrogens is 613 g/mol. The average Bonchev–Trinajstić information content (AvgIpc) is 2.76. The molecule has 0 bridgehead atoms. The summed E-state index contributed by atoms with van der Waals surface area (Å²) in [6.07, 6.45) is 13.4. The van der Waals surface area contributed by atoms with Gasteiger partial charge < -0.3 is 23.3 Å². The molecule has 0 heterocycles. The predicted molar refractivity (Wildman–Crippen MR) is 149 cm³/mol. The van der Waals surface area contributed by atoms with Gasteiger partial charge in [0.15, 0.2) is 11.5 Å². The number of phosphoric ester groups is 1. The fraction of sp³-hybridized carbons (Fsp3) is 0.636. The number of methoxy groups -OCH3 is 1. The second kappa shape index (κ2) is 24.4. The van der Waals surface area contributed by atoms with Crippen LogP contribution in [0, 0.1) is 0 Å². The molecule has 1 atom stereocenters. The van der Waals surface area contributed by atoms with Crippen LogP contribution in [0.3, 0.4) is 0 Å². The molecule has 17 heteroatoms. The van der Waals surface area contributed by atoms with Gasteiger partial charge in [-0.05, 0) is 30.5 Å². The van der Waals surface area contributed by atoms with Crippen LogP contribution in [0.5, 0.6) is 11.5 Å². The van der Waals surface area contributed by atoms with Crippen molar-refractivity contribution in [2.75, 3.05) is 13.7 Å². The summed E-state index contributed by atoms with van der Waals surface area (Å²) in [7, 11) is -13.0. The minimum Gasteiger partial charge on any atom is -1.00 e. The van der Waals surface area contributed by atoms with Crippen molar-refractivity contribution in [1.82, 2.24) is 0 Å². The third-order valence-corrected chi connectivity index (χ3v) is 7.34. The Balaban J connectivity index is -0.000000298. The third-order valence-electron chi connectivity index (χ3n) is 4.77. The standard InChI is InChI=1S/C22H38O8P2.Ca.Na.H2O4S.3H/c1-4-6-7-8-9-10-11-12-13-14-18-28-32(26,30-31(23,24)25)29-21-17-16-20(15-5-2)19-22(21)27-3;;;1-5(2,3)4;;;/h5,16-17,19H,2,4,6-15,18H2,1,3H3,(H2,23,24,25);;;(H2,1,2,3,4);;;/q;+2;+1;;3*-1. The van der Waals surface area contributed by atoms with Gasteiger partial charge in [0.2, 0.25) is 0 Å². The molecule has 0 spiro atoms. The Labute approximate surface area is 288 Å². The monoisotopic (exact) mass is 656 g/mol. The number of hydrogen-bond acceptors (Lipinski definition) is 8. The van der Waals surface area contributed by atoms with E-state index in [0.29, 0.717) is 12.8 Å².